The van der Waals surface area contributed by atoms with Crippen LogP contribution in [0.1, 0.15) is 42.6 Å². The number of hydrogen-bond donors (Lipinski definition) is 1. The van der Waals surface area contributed by atoms with Crippen molar-refractivity contribution < 1.29 is 9.53 Å². The van der Waals surface area contributed by atoms with Crippen LogP contribution in [0.25, 0.3) is 0 Å². The van der Waals surface area contributed by atoms with Crippen molar-refractivity contribution in [1.82, 2.24) is 0 Å². The first-order chi connectivity index (χ1) is 11.0. The Bertz CT molecular complexity index is 700. The van der Waals surface area contributed by atoms with Crippen molar-refractivity contribution in [3.8, 4) is 5.75 Å². The van der Waals surface area contributed by atoms with Gasteiger partial charge in [-0.2, -0.15) is 0 Å². The second kappa shape index (κ2) is 7.63. The maximum absolute atomic E-state index is 12.3. The van der Waals surface area contributed by atoms with Gasteiger partial charge in [0.05, 0.1) is 7.11 Å². The van der Waals surface area contributed by atoms with Gasteiger partial charge in [0, 0.05) is 23.0 Å². The van der Waals surface area contributed by atoms with Crippen LogP contribution in [-0.4, -0.2) is 12.9 Å². The number of rotatable bonds is 6. The summed E-state index contributed by atoms with van der Waals surface area (Å²) in [6, 6.07) is 15.3. The van der Waals surface area contributed by atoms with Gasteiger partial charge >= 0.3 is 0 Å². The molecule has 0 atom stereocenters. The standard InChI is InChI=1S/C20H23NO2/c1-14(2)18-7-5-6-8-19(18)21-15(3)13-20(22)16-9-11-17(23-4)12-10-16/h5-14,21H,1-4H3/b15-13+. The number of methoxy groups -OCH3 is 1. The van der Waals surface area contributed by atoms with Crippen LogP contribution in [0.2, 0.25) is 0 Å². The number of nitrogens with one attached hydrogen (secondary N) is 1. The zero-order valence-corrected chi connectivity index (χ0v) is 14.1. The van der Waals surface area contributed by atoms with Gasteiger partial charge in [0.15, 0.2) is 5.78 Å². The highest BCUT2D eigenvalue weighted by Gasteiger charge is 2.07. The summed E-state index contributed by atoms with van der Waals surface area (Å²) in [6.07, 6.45) is 1.62. The molecule has 3 nitrogen and oxygen atoms in total. The zero-order valence-electron chi connectivity index (χ0n) is 14.1. The van der Waals surface area contributed by atoms with Crippen molar-refractivity contribution in [2.75, 3.05) is 12.4 Å². The SMILES string of the molecule is COc1ccc(C(=O)/C=C(\C)Nc2ccccc2C(C)C)cc1. The molecular weight excluding hydrogens is 286 g/mol. The molecule has 0 radical (unpaired) electrons. The molecule has 0 heterocycles. The lowest BCUT2D eigenvalue weighted by Crippen LogP contribution is -2.04. The predicted octanol–water partition coefficient (Wildman–Crippen LogP) is 5.02. The minimum absolute atomic E-state index is 0.0281. The van der Waals surface area contributed by atoms with Crippen molar-refractivity contribution in [3.63, 3.8) is 0 Å². The van der Waals surface area contributed by atoms with Crippen LogP contribution in [0, 0.1) is 0 Å². The van der Waals surface area contributed by atoms with Gasteiger partial charge in [-0.25, -0.2) is 0 Å². The molecule has 2 aromatic carbocycles. The first-order valence-electron chi connectivity index (χ1n) is 7.74. The summed E-state index contributed by atoms with van der Waals surface area (Å²) in [5.41, 5.74) is 3.74. The fraction of sp³-hybridized carbons (Fsp3) is 0.250. The Morgan fingerprint density at radius 3 is 2.35 bits per heavy atom. The number of ketones is 1. The Labute approximate surface area is 138 Å². The molecule has 0 aromatic heterocycles. The third-order valence-electron chi connectivity index (χ3n) is 3.64. The molecule has 23 heavy (non-hydrogen) atoms. The van der Waals surface area contributed by atoms with Gasteiger partial charge in [-0.15, -0.1) is 0 Å². The molecule has 0 fully saturated rings. The van der Waals surface area contributed by atoms with E-state index in [1.807, 2.05) is 25.1 Å². The molecule has 0 unspecified atom stereocenters. The number of anilines is 1. The summed E-state index contributed by atoms with van der Waals surface area (Å²) in [4.78, 5) is 12.3. The largest absolute Gasteiger partial charge is 0.497 e. The second-order valence-corrected chi connectivity index (χ2v) is 5.79. The van der Waals surface area contributed by atoms with Crippen molar-refractivity contribution in [1.29, 1.82) is 0 Å². The van der Waals surface area contributed by atoms with E-state index >= 15 is 0 Å². The lowest BCUT2D eigenvalue weighted by molar-refractivity contribution is 0.104. The molecule has 120 valence electrons. The smallest absolute Gasteiger partial charge is 0.187 e. The molecule has 0 spiro atoms. The topological polar surface area (TPSA) is 38.3 Å². The lowest BCUT2D eigenvalue weighted by Gasteiger charge is -2.14. The summed E-state index contributed by atoms with van der Waals surface area (Å²) in [5, 5.41) is 3.33. The van der Waals surface area contributed by atoms with Gasteiger partial charge in [0.1, 0.15) is 5.75 Å². The van der Waals surface area contributed by atoms with E-state index in [-0.39, 0.29) is 5.78 Å². The van der Waals surface area contributed by atoms with Gasteiger partial charge < -0.3 is 10.1 Å². The van der Waals surface area contributed by atoms with E-state index in [0.717, 1.165) is 17.1 Å². The molecule has 0 saturated heterocycles. The average molecular weight is 309 g/mol. The van der Waals surface area contributed by atoms with E-state index in [1.54, 1.807) is 37.5 Å². The van der Waals surface area contributed by atoms with Gasteiger partial charge in [0.25, 0.3) is 0 Å². The highest BCUT2D eigenvalue weighted by Crippen LogP contribution is 2.24. The summed E-state index contributed by atoms with van der Waals surface area (Å²) >= 11 is 0. The highest BCUT2D eigenvalue weighted by molar-refractivity contribution is 6.05. The van der Waals surface area contributed by atoms with Crippen molar-refractivity contribution in [2.24, 2.45) is 0 Å². The van der Waals surface area contributed by atoms with Gasteiger partial charge in [0.2, 0.25) is 0 Å². The first kappa shape index (κ1) is 16.8. The second-order valence-electron chi connectivity index (χ2n) is 5.79. The summed E-state index contributed by atoms with van der Waals surface area (Å²) in [5.74, 6) is 1.13. The number of benzene rings is 2. The number of para-hydroxylation sites is 1. The van der Waals surface area contributed by atoms with Crippen LogP contribution in [0.15, 0.2) is 60.3 Å². The lowest BCUT2D eigenvalue weighted by atomic mass is 10.0. The molecule has 0 amide bonds. The monoisotopic (exact) mass is 309 g/mol. The Balaban J connectivity index is 2.14. The molecule has 0 saturated carbocycles. The fourth-order valence-corrected chi connectivity index (χ4v) is 2.40. The number of hydrogen-bond acceptors (Lipinski definition) is 3. The van der Waals surface area contributed by atoms with Crippen LogP contribution in [0.4, 0.5) is 5.69 Å². The van der Waals surface area contributed by atoms with Crippen LogP contribution in [0.3, 0.4) is 0 Å². The zero-order chi connectivity index (χ0) is 16.8. The van der Waals surface area contributed by atoms with Crippen molar-refractivity contribution in [2.45, 2.75) is 26.7 Å². The summed E-state index contributed by atoms with van der Waals surface area (Å²) in [6.45, 7) is 6.21. The molecule has 2 aromatic rings. The molecule has 1 N–H and O–H groups in total. The normalized spacial score (nSPS) is 11.4. The maximum Gasteiger partial charge on any atom is 0.187 e. The number of ether oxygens (including phenoxy) is 1. The van der Waals surface area contributed by atoms with Crippen LogP contribution in [-0.2, 0) is 0 Å². The van der Waals surface area contributed by atoms with E-state index in [9.17, 15) is 4.79 Å². The van der Waals surface area contributed by atoms with E-state index < -0.39 is 0 Å². The highest BCUT2D eigenvalue weighted by atomic mass is 16.5. The minimum atomic E-state index is -0.0281. The molecule has 0 aliphatic rings. The fourth-order valence-electron chi connectivity index (χ4n) is 2.40. The Kier molecular flexibility index (Phi) is 5.58. The summed E-state index contributed by atoms with van der Waals surface area (Å²) < 4.78 is 5.11. The quantitative estimate of drug-likeness (QED) is 0.601. The first-order valence-corrected chi connectivity index (χ1v) is 7.74. The van der Waals surface area contributed by atoms with Crippen molar-refractivity contribution >= 4 is 11.5 Å². The van der Waals surface area contributed by atoms with Gasteiger partial charge in [-0.05, 0) is 48.7 Å². The van der Waals surface area contributed by atoms with Crippen LogP contribution in [0.5, 0.6) is 5.75 Å². The number of carbonyl (C=O) groups is 1. The van der Waals surface area contributed by atoms with E-state index in [1.165, 1.54) is 5.56 Å². The molecular formula is C20H23NO2. The molecule has 0 aliphatic carbocycles. The van der Waals surface area contributed by atoms with Gasteiger partial charge in [-0.3, -0.25) is 4.79 Å². The molecule has 3 heteroatoms. The van der Waals surface area contributed by atoms with E-state index in [4.69, 9.17) is 4.74 Å². The number of allylic oxidation sites excluding steroid dienone is 2. The molecule has 2 rings (SSSR count). The van der Waals surface area contributed by atoms with E-state index in [0.29, 0.717) is 11.5 Å². The Morgan fingerprint density at radius 1 is 1.09 bits per heavy atom. The van der Waals surface area contributed by atoms with Crippen LogP contribution < -0.4 is 10.1 Å². The summed E-state index contributed by atoms with van der Waals surface area (Å²) in [7, 11) is 1.61. The predicted molar refractivity (Wildman–Crippen MR) is 95.2 cm³/mol. The minimum Gasteiger partial charge on any atom is -0.497 e. The van der Waals surface area contributed by atoms with Gasteiger partial charge in [-0.1, -0.05) is 32.0 Å². The Morgan fingerprint density at radius 2 is 1.74 bits per heavy atom. The average Bonchev–Trinajstić information content (AvgIpc) is 2.55. The van der Waals surface area contributed by atoms with E-state index in [2.05, 4.69) is 25.2 Å². The third-order valence-corrected chi connectivity index (χ3v) is 3.64. The van der Waals surface area contributed by atoms with Crippen molar-refractivity contribution in [3.05, 3.63) is 71.4 Å². The third kappa shape index (κ3) is 4.46. The number of carbonyl (C=O) groups excluding carboxylic acids is 1. The molecule has 0 aliphatic heterocycles. The van der Waals surface area contributed by atoms with Crippen LogP contribution >= 0.6 is 0 Å². The Hall–Kier alpha value is -2.55. The molecule has 0 bridgehead atoms. The maximum atomic E-state index is 12.3.